The topological polar surface area (TPSA) is 34.6 Å². The van der Waals surface area contributed by atoms with Gasteiger partial charge in [0.05, 0.1) is 30.6 Å². The van der Waals surface area contributed by atoms with Gasteiger partial charge in [-0.3, -0.25) is 4.98 Å². The molecule has 0 radical (unpaired) electrons. The third-order valence-corrected chi connectivity index (χ3v) is 5.67. The van der Waals surface area contributed by atoms with Gasteiger partial charge in [-0.05, 0) is 37.8 Å². The number of pyridine rings is 1. The Balaban J connectivity index is 1.25. The Bertz CT molecular complexity index is 481. The first-order valence-corrected chi connectivity index (χ1v) is 8.73. The summed E-state index contributed by atoms with van der Waals surface area (Å²) in [7, 11) is 0. The van der Waals surface area contributed by atoms with Crippen molar-refractivity contribution in [2.24, 2.45) is 0 Å². The van der Waals surface area contributed by atoms with E-state index >= 15 is 0 Å². The predicted molar refractivity (Wildman–Crippen MR) is 84.6 cm³/mol. The summed E-state index contributed by atoms with van der Waals surface area (Å²) >= 11 is 0. The van der Waals surface area contributed by atoms with Gasteiger partial charge in [0.1, 0.15) is 0 Å². The van der Waals surface area contributed by atoms with Crippen molar-refractivity contribution in [1.29, 1.82) is 0 Å². The summed E-state index contributed by atoms with van der Waals surface area (Å²) < 4.78 is 12.2. The van der Waals surface area contributed by atoms with E-state index in [0.29, 0.717) is 6.61 Å². The minimum atomic E-state index is 0.0923. The summed E-state index contributed by atoms with van der Waals surface area (Å²) in [6, 6.07) is 6.83. The van der Waals surface area contributed by atoms with Gasteiger partial charge in [-0.1, -0.05) is 12.5 Å². The highest BCUT2D eigenvalue weighted by Gasteiger charge is 2.44. The first-order chi connectivity index (χ1) is 10.8. The zero-order valence-electron chi connectivity index (χ0n) is 13.2. The number of hydrogen-bond donors (Lipinski definition) is 0. The van der Waals surface area contributed by atoms with Crippen LogP contribution in [0.2, 0.25) is 0 Å². The van der Waals surface area contributed by atoms with Crippen LogP contribution in [0.3, 0.4) is 0 Å². The lowest BCUT2D eigenvalue weighted by atomic mass is 9.84. The molecule has 3 aliphatic rings. The molecule has 1 saturated carbocycles. The van der Waals surface area contributed by atoms with Gasteiger partial charge in [0.25, 0.3) is 0 Å². The van der Waals surface area contributed by atoms with Crippen molar-refractivity contribution >= 4 is 0 Å². The zero-order valence-corrected chi connectivity index (χ0v) is 13.2. The fourth-order valence-corrected chi connectivity index (χ4v) is 3.99. The summed E-state index contributed by atoms with van der Waals surface area (Å²) in [5.74, 6) is 0. The van der Waals surface area contributed by atoms with Gasteiger partial charge in [0.2, 0.25) is 0 Å². The second-order valence-corrected chi connectivity index (χ2v) is 7.07. The van der Waals surface area contributed by atoms with Crippen LogP contribution in [0.15, 0.2) is 24.4 Å². The van der Waals surface area contributed by atoms with Gasteiger partial charge in [0.15, 0.2) is 0 Å². The molecule has 3 fully saturated rings. The third kappa shape index (κ3) is 3.05. The molecular formula is C18H26N2O2. The Morgan fingerprint density at radius 3 is 2.82 bits per heavy atom. The lowest BCUT2D eigenvalue weighted by molar-refractivity contribution is -0.0585. The van der Waals surface area contributed by atoms with Crippen LogP contribution in [0.5, 0.6) is 0 Å². The summed E-state index contributed by atoms with van der Waals surface area (Å²) in [5, 5.41) is 0. The maximum absolute atomic E-state index is 6.19. The number of ether oxygens (including phenoxy) is 2. The molecule has 4 heteroatoms. The first-order valence-electron chi connectivity index (χ1n) is 8.73. The van der Waals surface area contributed by atoms with Crippen LogP contribution in [0.25, 0.3) is 0 Å². The molecule has 1 aromatic rings. The van der Waals surface area contributed by atoms with E-state index in [1.807, 2.05) is 24.4 Å². The molecule has 1 aliphatic carbocycles. The van der Waals surface area contributed by atoms with Crippen molar-refractivity contribution in [3.63, 3.8) is 0 Å². The van der Waals surface area contributed by atoms with Crippen LogP contribution in [0.4, 0.5) is 0 Å². The molecule has 0 amide bonds. The number of nitrogens with zero attached hydrogens (tertiary/aromatic N) is 2. The Morgan fingerprint density at radius 2 is 2.14 bits per heavy atom. The summed E-state index contributed by atoms with van der Waals surface area (Å²) in [6.07, 6.45) is 9.69. The molecule has 0 unspecified atom stereocenters. The summed E-state index contributed by atoms with van der Waals surface area (Å²) in [6.45, 7) is 3.75. The number of rotatable bonds is 4. The predicted octanol–water partition coefficient (Wildman–Crippen LogP) is 2.77. The number of piperidine rings is 1. The molecule has 120 valence electrons. The fourth-order valence-electron chi connectivity index (χ4n) is 3.99. The molecule has 1 atom stereocenters. The Kier molecular flexibility index (Phi) is 4.16. The van der Waals surface area contributed by atoms with E-state index in [4.69, 9.17) is 9.47 Å². The SMILES string of the molecule is c1ccc(CO[C@H]2COC3(CCN(C4CCC4)CC3)C2)nc1. The van der Waals surface area contributed by atoms with Gasteiger partial charge in [-0.2, -0.15) is 0 Å². The van der Waals surface area contributed by atoms with Gasteiger partial charge in [-0.25, -0.2) is 0 Å². The van der Waals surface area contributed by atoms with Crippen LogP contribution < -0.4 is 0 Å². The number of likely N-dealkylation sites (tertiary alicyclic amines) is 1. The average molecular weight is 302 g/mol. The maximum Gasteiger partial charge on any atom is 0.0892 e. The van der Waals surface area contributed by atoms with E-state index in [-0.39, 0.29) is 11.7 Å². The van der Waals surface area contributed by atoms with Crippen molar-refractivity contribution < 1.29 is 9.47 Å². The Hall–Kier alpha value is -0.970. The van der Waals surface area contributed by atoms with Crippen LogP contribution in [-0.2, 0) is 16.1 Å². The molecule has 4 rings (SSSR count). The number of aromatic nitrogens is 1. The minimum Gasteiger partial charge on any atom is -0.372 e. The second kappa shape index (κ2) is 6.26. The highest BCUT2D eigenvalue weighted by molar-refractivity contribution is 5.02. The Labute approximate surface area is 132 Å². The van der Waals surface area contributed by atoms with E-state index in [2.05, 4.69) is 9.88 Å². The smallest absolute Gasteiger partial charge is 0.0892 e. The normalized spacial score (nSPS) is 28.8. The second-order valence-electron chi connectivity index (χ2n) is 7.07. The van der Waals surface area contributed by atoms with Gasteiger partial charge >= 0.3 is 0 Å². The highest BCUT2D eigenvalue weighted by atomic mass is 16.6. The monoisotopic (exact) mass is 302 g/mol. The van der Waals surface area contributed by atoms with E-state index in [1.165, 1.54) is 45.2 Å². The average Bonchev–Trinajstić information content (AvgIpc) is 2.90. The van der Waals surface area contributed by atoms with Crippen molar-refractivity contribution in [2.75, 3.05) is 19.7 Å². The fraction of sp³-hybridized carbons (Fsp3) is 0.722. The molecule has 3 heterocycles. The standard InChI is InChI=1S/C18H26N2O2/c1-2-9-19-15(4-1)13-21-17-12-18(22-14-17)7-10-20(11-8-18)16-5-3-6-16/h1-2,4,9,16-17H,3,5-8,10-14H2/t17-/m1/s1. The van der Waals surface area contributed by atoms with Crippen molar-refractivity contribution in [2.45, 2.75) is 62.9 Å². The molecule has 0 bridgehead atoms. The van der Waals surface area contributed by atoms with E-state index < -0.39 is 0 Å². The van der Waals surface area contributed by atoms with E-state index in [9.17, 15) is 0 Å². The third-order valence-electron chi connectivity index (χ3n) is 5.67. The largest absolute Gasteiger partial charge is 0.372 e. The molecule has 0 aromatic carbocycles. The Morgan fingerprint density at radius 1 is 1.27 bits per heavy atom. The van der Waals surface area contributed by atoms with Crippen LogP contribution in [-0.4, -0.2) is 47.3 Å². The molecule has 1 spiro atoms. The van der Waals surface area contributed by atoms with Crippen LogP contribution >= 0.6 is 0 Å². The number of hydrogen-bond acceptors (Lipinski definition) is 4. The van der Waals surface area contributed by atoms with Gasteiger partial charge < -0.3 is 14.4 Å². The molecule has 2 saturated heterocycles. The van der Waals surface area contributed by atoms with E-state index in [0.717, 1.165) is 24.8 Å². The summed E-state index contributed by atoms with van der Waals surface area (Å²) in [5.41, 5.74) is 1.10. The lowest BCUT2D eigenvalue weighted by Gasteiger charge is -2.45. The van der Waals surface area contributed by atoms with Crippen molar-refractivity contribution in [3.8, 4) is 0 Å². The van der Waals surface area contributed by atoms with Crippen molar-refractivity contribution in [3.05, 3.63) is 30.1 Å². The molecule has 0 N–H and O–H groups in total. The first kappa shape index (κ1) is 14.6. The molecule has 22 heavy (non-hydrogen) atoms. The van der Waals surface area contributed by atoms with Gasteiger partial charge in [0, 0.05) is 31.7 Å². The minimum absolute atomic E-state index is 0.0923. The molecule has 1 aromatic heterocycles. The maximum atomic E-state index is 6.19. The van der Waals surface area contributed by atoms with Crippen molar-refractivity contribution in [1.82, 2.24) is 9.88 Å². The molecular weight excluding hydrogens is 276 g/mol. The summed E-state index contributed by atoms with van der Waals surface area (Å²) in [4.78, 5) is 7.00. The zero-order chi connectivity index (χ0) is 14.8. The van der Waals surface area contributed by atoms with Crippen LogP contribution in [0.1, 0.15) is 44.2 Å². The highest BCUT2D eigenvalue weighted by Crippen LogP contribution is 2.39. The lowest BCUT2D eigenvalue weighted by Crippen LogP contribution is -2.50. The van der Waals surface area contributed by atoms with Gasteiger partial charge in [-0.15, -0.1) is 0 Å². The van der Waals surface area contributed by atoms with E-state index in [1.54, 1.807) is 0 Å². The quantitative estimate of drug-likeness (QED) is 0.856. The van der Waals surface area contributed by atoms with Crippen LogP contribution in [0, 0.1) is 0 Å². The molecule has 4 nitrogen and oxygen atoms in total. The molecule has 2 aliphatic heterocycles.